The second kappa shape index (κ2) is 6.53. The molecule has 0 saturated heterocycles. The van der Waals surface area contributed by atoms with Gasteiger partial charge in [-0.05, 0) is 25.0 Å². The van der Waals surface area contributed by atoms with Crippen molar-refractivity contribution in [2.24, 2.45) is 0 Å². The second-order valence-electron chi connectivity index (χ2n) is 5.26. The highest BCUT2D eigenvalue weighted by molar-refractivity contribution is 5.89. The molecule has 0 aromatic heterocycles. The van der Waals surface area contributed by atoms with Gasteiger partial charge in [-0.25, -0.2) is 4.79 Å². The van der Waals surface area contributed by atoms with E-state index in [4.69, 9.17) is 0 Å². The van der Waals surface area contributed by atoms with E-state index in [2.05, 4.69) is 5.32 Å². The van der Waals surface area contributed by atoms with E-state index in [1.807, 2.05) is 0 Å². The zero-order valence-corrected chi connectivity index (χ0v) is 11.9. The molecule has 0 aliphatic heterocycles. The number of nitro benzene ring substituents is 1. The lowest BCUT2D eigenvalue weighted by atomic mass is 9.92. The molecule has 1 fully saturated rings. The Morgan fingerprint density at radius 3 is 2.52 bits per heavy atom. The van der Waals surface area contributed by atoms with Crippen molar-refractivity contribution in [1.29, 1.82) is 0 Å². The van der Waals surface area contributed by atoms with Crippen LogP contribution in [-0.2, 0) is 0 Å². The highest BCUT2D eigenvalue weighted by Gasteiger charge is 2.29. The Morgan fingerprint density at radius 2 is 1.95 bits per heavy atom. The van der Waals surface area contributed by atoms with Crippen molar-refractivity contribution >= 4 is 17.4 Å². The minimum absolute atomic E-state index is 0.0240. The summed E-state index contributed by atoms with van der Waals surface area (Å²) in [5.74, 6) is 0. The largest absolute Gasteiger partial charge is 0.391 e. The molecule has 114 valence electrons. The molecule has 0 radical (unpaired) electrons. The third kappa shape index (κ3) is 3.69. The van der Waals surface area contributed by atoms with E-state index in [1.54, 1.807) is 7.05 Å². The smallest absolute Gasteiger partial charge is 0.321 e. The van der Waals surface area contributed by atoms with Crippen LogP contribution >= 0.6 is 0 Å². The number of nitro groups is 1. The molecule has 2 atom stereocenters. The molecule has 1 aromatic carbocycles. The number of nitrogens with zero attached hydrogens (tertiary/aromatic N) is 2. The molecule has 1 saturated carbocycles. The summed E-state index contributed by atoms with van der Waals surface area (Å²) >= 11 is 0. The van der Waals surface area contributed by atoms with Crippen LogP contribution in [-0.4, -0.2) is 40.2 Å². The number of hydrogen-bond donors (Lipinski definition) is 2. The normalized spacial score (nSPS) is 21.6. The maximum Gasteiger partial charge on any atom is 0.321 e. The van der Waals surface area contributed by atoms with Gasteiger partial charge in [0, 0.05) is 24.9 Å². The summed E-state index contributed by atoms with van der Waals surface area (Å²) in [6, 6.07) is 5.14. The molecule has 1 aliphatic rings. The second-order valence-corrected chi connectivity index (χ2v) is 5.26. The number of carbonyl (C=O) groups is 1. The summed E-state index contributed by atoms with van der Waals surface area (Å²) in [4.78, 5) is 23.7. The Morgan fingerprint density at radius 1 is 1.33 bits per heavy atom. The number of rotatable bonds is 3. The SMILES string of the molecule is CN(C(=O)Nc1ccc([N+](=O)[O-])cc1)C1CCCCC1O. The molecule has 7 heteroatoms. The lowest BCUT2D eigenvalue weighted by Gasteiger charge is -2.35. The molecule has 2 unspecified atom stereocenters. The van der Waals surface area contributed by atoms with Gasteiger partial charge in [0.25, 0.3) is 5.69 Å². The van der Waals surface area contributed by atoms with Crippen molar-refractivity contribution in [3.05, 3.63) is 34.4 Å². The van der Waals surface area contributed by atoms with Crippen LogP contribution < -0.4 is 5.32 Å². The van der Waals surface area contributed by atoms with Crippen molar-refractivity contribution in [1.82, 2.24) is 4.90 Å². The first-order valence-electron chi connectivity index (χ1n) is 6.95. The monoisotopic (exact) mass is 293 g/mol. The topological polar surface area (TPSA) is 95.7 Å². The fourth-order valence-electron chi connectivity index (χ4n) is 2.57. The number of aliphatic hydroxyl groups is 1. The van der Waals surface area contributed by atoms with Crippen LogP contribution in [0.1, 0.15) is 25.7 Å². The third-order valence-electron chi connectivity index (χ3n) is 3.84. The maximum absolute atomic E-state index is 12.1. The molecule has 0 bridgehead atoms. The van der Waals surface area contributed by atoms with E-state index in [1.165, 1.54) is 29.2 Å². The average molecular weight is 293 g/mol. The minimum Gasteiger partial charge on any atom is -0.391 e. The lowest BCUT2D eigenvalue weighted by molar-refractivity contribution is -0.384. The van der Waals surface area contributed by atoms with Gasteiger partial charge in [-0.1, -0.05) is 12.8 Å². The van der Waals surface area contributed by atoms with E-state index in [-0.39, 0.29) is 17.8 Å². The number of hydrogen-bond acceptors (Lipinski definition) is 4. The van der Waals surface area contributed by atoms with Gasteiger partial charge >= 0.3 is 6.03 Å². The number of urea groups is 1. The molecule has 0 heterocycles. The minimum atomic E-state index is -0.494. The van der Waals surface area contributed by atoms with E-state index < -0.39 is 11.0 Å². The summed E-state index contributed by atoms with van der Waals surface area (Å²) in [5, 5.41) is 23.2. The van der Waals surface area contributed by atoms with Gasteiger partial charge in [0.05, 0.1) is 17.1 Å². The first kappa shape index (κ1) is 15.2. The molecular formula is C14H19N3O4. The van der Waals surface area contributed by atoms with Crippen LogP contribution in [0.4, 0.5) is 16.2 Å². The number of amides is 2. The van der Waals surface area contributed by atoms with E-state index in [9.17, 15) is 20.0 Å². The summed E-state index contributed by atoms with van der Waals surface area (Å²) in [7, 11) is 1.65. The Hall–Kier alpha value is -2.15. The summed E-state index contributed by atoms with van der Waals surface area (Å²) < 4.78 is 0. The van der Waals surface area contributed by atoms with Crippen LogP contribution in [0, 0.1) is 10.1 Å². The standard InChI is InChI=1S/C14H19N3O4/c1-16(12-4-2-3-5-13(12)18)14(19)15-10-6-8-11(9-7-10)17(20)21/h6-9,12-13,18H,2-5H2,1H3,(H,15,19). The molecule has 21 heavy (non-hydrogen) atoms. The first-order chi connectivity index (χ1) is 9.99. The predicted octanol–water partition coefficient (Wildman–Crippen LogP) is 2.36. The molecule has 2 amide bonds. The maximum atomic E-state index is 12.1. The summed E-state index contributed by atoms with van der Waals surface area (Å²) in [6.07, 6.45) is 2.98. The van der Waals surface area contributed by atoms with Crippen molar-refractivity contribution in [3.8, 4) is 0 Å². The molecule has 0 spiro atoms. The third-order valence-corrected chi connectivity index (χ3v) is 3.84. The Bertz CT molecular complexity index is 517. The number of aliphatic hydroxyl groups excluding tert-OH is 1. The Kier molecular flexibility index (Phi) is 4.74. The zero-order chi connectivity index (χ0) is 15.4. The van der Waals surface area contributed by atoms with E-state index >= 15 is 0 Å². The van der Waals surface area contributed by atoms with Crippen molar-refractivity contribution in [2.75, 3.05) is 12.4 Å². The number of nitrogens with one attached hydrogen (secondary N) is 1. The lowest BCUT2D eigenvalue weighted by Crippen LogP contribution is -2.47. The van der Waals surface area contributed by atoms with Gasteiger partial charge in [-0.15, -0.1) is 0 Å². The van der Waals surface area contributed by atoms with Crippen molar-refractivity contribution in [2.45, 2.75) is 37.8 Å². The fraction of sp³-hybridized carbons (Fsp3) is 0.500. The van der Waals surface area contributed by atoms with Gasteiger partial charge < -0.3 is 15.3 Å². The van der Waals surface area contributed by atoms with Crippen molar-refractivity contribution in [3.63, 3.8) is 0 Å². The molecule has 1 aliphatic carbocycles. The molecule has 7 nitrogen and oxygen atoms in total. The van der Waals surface area contributed by atoms with Crippen LogP contribution in [0.3, 0.4) is 0 Å². The van der Waals surface area contributed by atoms with Crippen molar-refractivity contribution < 1.29 is 14.8 Å². The van der Waals surface area contributed by atoms with Gasteiger partial charge in [0.1, 0.15) is 0 Å². The molecule has 2 N–H and O–H groups in total. The van der Waals surface area contributed by atoms with Crippen LogP contribution in [0.2, 0.25) is 0 Å². The van der Waals surface area contributed by atoms with Gasteiger partial charge in [0.2, 0.25) is 0 Å². The number of likely N-dealkylation sites (N-methyl/N-ethyl adjacent to an activating group) is 1. The van der Waals surface area contributed by atoms with Crippen LogP contribution in [0.25, 0.3) is 0 Å². The summed E-state index contributed by atoms with van der Waals surface area (Å²) in [6.45, 7) is 0. The van der Waals surface area contributed by atoms with E-state index in [0.717, 1.165) is 19.3 Å². The van der Waals surface area contributed by atoms with Gasteiger partial charge in [0.15, 0.2) is 0 Å². The molecule has 2 rings (SSSR count). The highest BCUT2D eigenvalue weighted by atomic mass is 16.6. The molecule has 1 aromatic rings. The first-order valence-corrected chi connectivity index (χ1v) is 6.95. The summed E-state index contributed by atoms with van der Waals surface area (Å²) in [5.41, 5.74) is 0.465. The van der Waals surface area contributed by atoms with Crippen LogP contribution in [0.5, 0.6) is 0 Å². The molecular weight excluding hydrogens is 274 g/mol. The predicted molar refractivity (Wildman–Crippen MR) is 78.1 cm³/mol. The van der Waals surface area contributed by atoms with Gasteiger partial charge in [-0.2, -0.15) is 0 Å². The van der Waals surface area contributed by atoms with Gasteiger partial charge in [-0.3, -0.25) is 10.1 Å². The number of anilines is 1. The fourth-order valence-corrected chi connectivity index (χ4v) is 2.57. The number of benzene rings is 1. The highest BCUT2D eigenvalue weighted by Crippen LogP contribution is 2.23. The average Bonchev–Trinajstić information content (AvgIpc) is 2.47. The quantitative estimate of drug-likeness (QED) is 0.660. The Labute approximate surface area is 122 Å². The number of carbonyl (C=O) groups excluding carboxylic acids is 1. The zero-order valence-electron chi connectivity index (χ0n) is 11.9. The van der Waals surface area contributed by atoms with E-state index in [0.29, 0.717) is 12.1 Å². The Balaban J connectivity index is 1.98. The number of non-ortho nitro benzene ring substituents is 1. The van der Waals surface area contributed by atoms with Crippen LogP contribution in [0.15, 0.2) is 24.3 Å².